The third-order valence-electron chi connectivity index (χ3n) is 3.49. The van der Waals surface area contributed by atoms with Crippen LogP contribution in [0.3, 0.4) is 0 Å². The van der Waals surface area contributed by atoms with Crippen molar-refractivity contribution in [1.82, 2.24) is 31.1 Å². The van der Waals surface area contributed by atoms with Crippen molar-refractivity contribution in [3.63, 3.8) is 0 Å². The molecule has 8 heteroatoms. The molecule has 2 amide bonds. The van der Waals surface area contributed by atoms with E-state index in [1.54, 1.807) is 24.3 Å². The molecule has 2 N–H and O–H groups in total. The minimum Gasteiger partial charge on any atom is -0.273 e. The Morgan fingerprint density at radius 2 is 1.95 bits per heavy atom. The smallest absolute Gasteiger partial charge is 0.269 e. The van der Waals surface area contributed by atoms with E-state index >= 15 is 0 Å². The third kappa shape index (κ3) is 2.88. The molecular formula is C13H14N6O2. The Hall–Kier alpha value is -2.77. The van der Waals surface area contributed by atoms with Crippen molar-refractivity contribution in [3.8, 4) is 5.69 Å². The summed E-state index contributed by atoms with van der Waals surface area (Å²) in [5.74, 6) is -0.0777. The van der Waals surface area contributed by atoms with E-state index in [9.17, 15) is 9.59 Å². The van der Waals surface area contributed by atoms with Crippen molar-refractivity contribution in [1.29, 1.82) is 0 Å². The van der Waals surface area contributed by atoms with Crippen LogP contribution in [0.4, 0.5) is 0 Å². The number of carbonyl (C=O) groups is 2. The van der Waals surface area contributed by atoms with Crippen LogP contribution in [-0.4, -0.2) is 32.0 Å². The molecule has 0 radical (unpaired) electrons. The van der Waals surface area contributed by atoms with Gasteiger partial charge in [0.2, 0.25) is 5.91 Å². The summed E-state index contributed by atoms with van der Waals surface area (Å²) in [6, 6.07) is 6.71. The van der Waals surface area contributed by atoms with Crippen LogP contribution in [0.5, 0.6) is 0 Å². The maximum absolute atomic E-state index is 11.9. The fourth-order valence-electron chi connectivity index (χ4n) is 2.02. The lowest BCUT2D eigenvalue weighted by atomic mass is 10.2. The lowest BCUT2D eigenvalue weighted by Crippen LogP contribution is -2.42. The standard InChI is InChI=1S/C13H14N6O2/c1-8-6-11(8)13(21)16-15-12(20)9-2-4-10(5-3-9)19-7-14-17-18-19/h2-5,7-8,11H,6H2,1H3,(H,15,20)(H,16,21). The summed E-state index contributed by atoms with van der Waals surface area (Å²) in [6.07, 6.45) is 2.34. The van der Waals surface area contributed by atoms with Gasteiger partial charge in [0, 0.05) is 11.5 Å². The number of hydrogen-bond acceptors (Lipinski definition) is 5. The van der Waals surface area contributed by atoms with E-state index in [1.807, 2.05) is 6.92 Å². The predicted molar refractivity (Wildman–Crippen MR) is 72.0 cm³/mol. The van der Waals surface area contributed by atoms with Crippen LogP contribution in [0.25, 0.3) is 5.69 Å². The molecule has 2 aromatic rings. The molecule has 3 rings (SSSR count). The van der Waals surface area contributed by atoms with E-state index in [4.69, 9.17) is 0 Å². The average Bonchev–Trinajstić information content (AvgIpc) is 3.02. The molecule has 8 nitrogen and oxygen atoms in total. The highest BCUT2D eigenvalue weighted by Crippen LogP contribution is 2.37. The molecule has 1 heterocycles. The first-order valence-corrected chi connectivity index (χ1v) is 6.59. The second-order valence-electron chi connectivity index (χ2n) is 5.06. The van der Waals surface area contributed by atoms with E-state index in [0.717, 1.165) is 12.1 Å². The summed E-state index contributed by atoms with van der Waals surface area (Å²) in [7, 11) is 0. The van der Waals surface area contributed by atoms with E-state index in [-0.39, 0.29) is 17.7 Å². The van der Waals surface area contributed by atoms with Crippen LogP contribution < -0.4 is 10.9 Å². The first-order chi connectivity index (χ1) is 10.1. The van der Waals surface area contributed by atoms with Gasteiger partial charge < -0.3 is 0 Å². The largest absolute Gasteiger partial charge is 0.273 e. The molecule has 21 heavy (non-hydrogen) atoms. The Morgan fingerprint density at radius 1 is 1.24 bits per heavy atom. The Labute approximate surface area is 120 Å². The average molecular weight is 286 g/mol. The van der Waals surface area contributed by atoms with Crippen LogP contribution in [0.15, 0.2) is 30.6 Å². The van der Waals surface area contributed by atoms with Crippen molar-refractivity contribution in [2.24, 2.45) is 11.8 Å². The summed E-state index contributed by atoms with van der Waals surface area (Å²) in [5.41, 5.74) is 6.03. The van der Waals surface area contributed by atoms with Gasteiger partial charge in [0.25, 0.3) is 5.91 Å². The number of tetrazole rings is 1. The van der Waals surface area contributed by atoms with Crippen LogP contribution in [-0.2, 0) is 4.79 Å². The van der Waals surface area contributed by atoms with E-state index < -0.39 is 0 Å². The first kappa shape index (κ1) is 13.2. The highest BCUT2D eigenvalue weighted by molar-refractivity contribution is 5.95. The quantitative estimate of drug-likeness (QED) is 0.778. The van der Waals surface area contributed by atoms with Gasteiger partial charge in [-0.25, -0.2) is 4.68 Å². The first-order valence-electron chi connectivity index (χ1n) is 6.59. The second-order valence-corrected chi connectivity index (χ2v) is 5.06. The Balaban J connectivity index is 1.58. The monoisotopic (exact) mass is 286 g/mol. The number of hydrogen-bond donors (Lipinski definition) is 2. The number of carbonyl (C=O) groups excluding carboxylic acids is 2. The van der Waals surface area contributed by atoms with Crippen molar-refractivity contribution >= 4 is 11.8 Å². The summed E-state index contributed by atoms with van der Waals surface area (Å²) < 4.78 is 1.48. The number of nitrogens with zero attached hydrogens (tertiary/aromatic N) is 4. The maximum atomic E-state index is 11.9. The van der Waals surface area contributed by atoms with Gasteiger partial charge in [-0.1, -0.05) is 6.92 Å². The second kappa shape index (κ2) is 5.31. The van der Waals surface area contributed by atoms with Gasteiger partial charge in [-0.3, -0.25) is 20.4 Å². The molecule has 1 aliphatic carbocycles. The molecule has 2 atom stereocenters. The number of nitrogens with one attached hydrogen (secondary N) is 2. The minimum atomic E-state index is -0.361. The van der Waals surface area contributed by atoms with Gasteiger partial charge >= 0.3 is 0 Å². The van der Waals surface area contributed by atoms with Crippen LogP contribution in [0.1, 0.15) is 23.7 Å². The van der Waals surface area contributed by atoms with Gasteiger partial charge in [-0.2, -0.15) is 0 Å². The molecule has 0 spiro atoms. The Morgan fingerprint density at radius 3 is 2.52 bits per heavy atom. The van der Waals surface area contributed by atoms with Crippen molar-refractivity contribution in [2.75, 3.05) is 0 Å². The summed E-state index contributed by atoms with van der Waals surface area (Å²) in [4.78, 5) is 23.5. The van der Waals surface area contributed by atoms with Gasteiger partial charge in [-0.15, -0.1) is 5.10 Å². The number of benzene rings is 1. The third-order valence-corrected chi connectivity index (χ3v) is 3.49. The summed E-state index contributed by atoms with van der Waals surface area (Å²) in [6.45, 7) is 2.00. The zero-order valence-corrected chi connectivity index (χ0v) is 11.4. The highest BCUT2D eigenvalue weighted by Gasteiger charge is 2.39. The summed E-state index contributed by atoms with van der Waals surface area (Å²) >= 11 is 0. The van der Waals surface area contributed by atoms with E-state index in [0.29, 0.717) is 11.5 Å². The van der Waals surface area contributed by atoms with Crippen molar-refractivity contribution < 1.29 is 9.59 Å². The number of rotatable bonds is 3. The predicted octanol–water partition coefficient (Wildman–Crippen LogP) is 0.0793. The van der Waals surface area contributed by atoms with Gasteiger partial charge in [0.05, 0.1) is 5.69 Å². The van der Waals surface area contributed by atoms with Crippen LogP contribution >= 0.6 is 0 Å². The lowest BCUT2D eigenvalue weighted by Gasteiger charge is -2.07. The molecule has 0 saturated heterocycles. The Kier molecular flexibility index (Phi) is 3.35. The fourth-order valence-corrected chi connectivity index (χ4v) is 2.02. The SMILES string of the molecule is CC1CC1C(=O)NNC(=O)c1ccc(-n2cnnn2)cc1. The summed E-state index contributed by atoms with van der Waals surface area (Å²) in [5, 5.41) is 10.8. The highest BCUT2D eigenvalue weighted by atomic mass is 16.2. The van der Waals surface area contributed by atoms with Gasteiger partial charge in [0.1, 0.15) is 6.33 Å². The minimum absolute atomic E-state index is 0.0208. The number of aromatic nitrogens is 4. The fraction of sp³-hybridized carbons (Fsp3) is 0.308. The molecule has 1 fully saturated rings. The van der Waals surface area contributed by atoms with Crippen molar-refractivity contribution in [2.45, 2.75) is 13.3 Å². The van der Waals surface area contributed by atoms with Crippen molar-refractivity contribution in [3.05, 3.63) is 36.2 Å². The lowest BCUT2D eigenvalue weighted by molar-refractivity contribution is -0.123. The molecule has 1 aromatic heterocycles. The van der Waals surface area contributed by atoms with E-state index in [2.05, 4.69) is 26.4 Å². The van der Waals surface area contributed by atoms with Crippen LogP contribution in [0, 0.1) is 11.8 Å². The topological polar surface area (TPSA) is 102 Å². The molecule has 1 saturated carbocycles. The zero-order chi connectivity index (χ0) is 14.8. The Bertz CT molecular complexity index is 652. The molecule has 0 aliphatic heterocycles. The maximum Gasteiger partial charge on any atom is 0.269 e. The molecule has 0 bridgehead atoms. The molecule has 108 valence electrons. The van der Waals surface area contributed by atoms with Crippen LogP contribution in [0.2, 0.25) is 0 Å². The molecule has 1 aromatic carbocycles. The normalized spacial score (nSPS) is 19.9. The van der Waals surface area contributed by atoms with E-state index in [1.165, 1.54) is 11.0 Å². The molecular weight excluding hydrogens is 272 g/mol. The molecule has 2 unspecified atom stereocenters. The number of amides is 2. The number of hydrazine groups is 1. The molecule has 1 aliphatic rings. The zero-order valence-electron chi connectivity index (χ0n) is 11.4. The van der Waals surface area contributed by atoms with Gasteiger partial charge in [-0.05, 0) is 47.0 Å². The van der Waals surface area contributed by atoms with Gasteiger partial charge in [0.15, 0.2) is 0 Å².